The van der Waals surface area contributed by atoms with Crippen molar-refractivity contribution in [2.24, 2.45) is 0 Å². The van der Waals surface area contributed by atoms with Crippen LogP contribution in [-0.2, 0) is 38.9 Å². The van der Waals surface area contributed by atoms with E-state index in [-0.39, 0.29) is 23.6 Å². The van der Waals surface area contributed by atoms with Gasteiger partial charge in [0.25, 0.3) is 0 Å². The Morgan fingerprint density at radius 1 is 0.944 bits per heavy atom. The van der Waals surface area contributed by atoms with Gasteiger partial charge in [-0.3, -0.25) is 4.79 Å². The summed E-state index contributed by atoms with van der Waals surface area (Å²) >= 11 is 0. The molecule has 3 aromatic carbocycles. The third kappa shape index (κ3) is 5.13. The van der Waals surface area contributed by atoms with E-state index >= 15 is 0 Å². The minimum absolute atomic E-state index is 0.140. The number of ketones is 1. The number of carbonyl (C=O) groups excluding carboxylic acids is 2. The Hall–Kier alpha value is -3.29. The molecule has 1 atom stereocenters. The standard InChI is InChI=1S/C29H31NO5S/c1-19-14-20(2)28(21(3)15-19)36(33,34)30-18-25-10-6-5-9-23(25)17-26(30)27(31)13-12-22-8-7-11-24(16-22)29(32)35-4/h5-11,14-16,26H,12-13,17-18H2,1-4H3. The Balaban J connectivity index is 1.66. The molecule has 0 N–H and O–H groups in total. The van der Waals surface area contributed by atoms with Crippen molar-refractivity contribution in [3.8, 4) is 0 Å². The van der Waals surface area contributed by atoms with E-state index in [1.807, 2.05) is 49.4 Å². The molecule has 1 aliphatic rings. The van der Waals surface area contributed by atoms with E-state index in [4.69, 9.17) is 4.74 Å². The fraction of sp³-hybridized carbons (Fsp3) is 0.310. The van der Waals surface area contributed by atoms with E-state index < -0.39 is 22.0 Å². The molecule has 188 valence electrons. The molecule has 0 saturated heterocycles. The second kappa shape index (κ2) is 10.4. The van der Waals surface area contributed by atoms with E-state index in [1.165, 1.54) is 11.4 Å². The second-order valence-corrected chi connectivity index (χ2v) is 11.3. The van der Waals surface area contributed by atoms with Gasteiger partial charge in [-0.2, -0.15) is 4.31 Å². The first kappa shape index (κ1) is 25.8. The Morgan fingerprint density at radius 3 is 2.28 bits per heavy atom. The minimum Gasteiger partial charge on any atom is -0.465 e. The van der Waals surface area contributed by atoms with Crippen molar-refractivity contribution in [2.45, 2.75) is 57.5 Å². The molecule has 6 nitrogen and oxygen atoms in total. The molecule has 3 aromatic rings. The number of benzene rings is 3. The predicted octanol–water partition coefficient (Wildman–Crippen LogP) is 4.72. The van der Waals surface area contributed by atoms with Crippen LogP contribution < -0.4 is 0 Å². The first-order chi connectivity index (χ1) is 17.1. The summed E-state index contributed by atoms with van der Waals surface area (Å²) < 4.78 is 34.2. The van der Waals surface area contributed by atoms with Crippen LogP contribution in [0.2, 0.25) is 0 Å². The molecule has 7 heteroatoms. The van der Waals surface area contributed by atoms with Crippen LogP contribution >= 0.6 is 0 Å². The van der Waals surface area contributed by atoms with Gasteiger partial charge in [-0.1, -0.05) is 54.1 Å². The highest BCUT2D eigenvalue weighted by Gasteiger charge is 2.40. The molecule has 4 rings (SSSR count). The molecule has 0 spiro atoms. The molecule has 1 aliphatic heterocycles. The van der Waals surface area contributed by atoms with Crippen LogP contribution in [0.5, 0.6) is 0 Å². The number of esters is 1. The maximum atomic E-state index is 14.0. The normalized spacial score (nSPS) is 15.8. The lowest BCUT2D eigenvalue weighted by molar-refractivity contribution is -0.123. The van der Waals surface area contributed by atoms with Crippen LogP contribution in [0, 0.1) is 20.8 Å². The average Bonchev–Trinajstić information content (AvgIpc) is 2.85. The van der Waals surface area contributed by atoms with Gasteiger partial charge in [0.2, 0.25) is 10.0 Å². The third-order valence-corrected chi connectivity index (χ3v) is 8.92. The van der Waals surface area contributed by atoms with Gasteiger partial charge in [-0.15, -0.1) is 0 Å². The van der Waals surface area contributed by atoms with Crippen LogP contribution in [0.15, 0.2) is 65.6 Å². The zero-order chi connectivity index (χ0) is 26.0. The Morgan fingerprint density at radius 2 is 1.61 bits per heavy atom. The SMILES string of the molecule is COC(=O)c1cccc(CCC(=O)C2Cc3ccccc3CN2S(=O)(=O)c2c(C)cc(C)cc2C)c1. The van der Waals surface area contributed by atoms with Gasteiger partial charge in [0.05, 0.1) is 23.6 Å². The first-order valence-electron chi connectivity index (χ1n) is 12.0. The third-order valence-electron chi connectivity index (χ3n) is 6.76. The van der Waals surface area contributed by atoms with Crippen LogP contribution in [0.1, 0.15) is 50.2 Å². The summed E-state index contributed by atoms with van der Waals surface area (Å²) in [6.45, 7) is 5.69. The van der Waals surface area contributed by atoms with Crippen LogP contribution in [0.3, 0.4) is 0 Å². The van der Waals surface area contributed by atoms with Gasteiger partial charge in [0.15, 0.2) is 5.78 Å². The Labute approximate surface area is 213 Å². The Kier molecular flexibility index (Phi) is 7.43. The van der Waals surface area contributed by atoms with Gasteiger partial charge in [0.1, 0.15) is 0 Å². The van der Waals surface area contributed by atoms with Crippen LogP contribution in [-0.4, -0.2) is 37.6 Å². The summed E-state index contributed by atoms with van der Waals surface area (Å²) in [6, 6.07) is 17.6. The van der Waals surface area contributed by atoms with E-state index in [1.54, 1.807) is 32.0 Å². The maximum Gasteiger partial charge on any atom is 0.337 e. The Bertz CT molecular complexity index is 1400. The van der Waals surface area contributed by atoms with Gasteiger partial charge in [-0.05, 0) is 73.6 Å². The van der Waals surface area contributed by atoms with Crippen molar-refractivity contribution in [3.63, 3.8) is 0 Å². The van der Waals surface area contributed by atoms with Crippen molar-refractivity contribution < 1.29 is 22.7 Å². The fourth-order valence-electron chi connectivity index (χ4n) is 5.12. The van der Waals surface area contributed by atoms with Crippen LogP contribution in [0.25, 0.3) is 0 Å². The number of Topliss-reactive ketones (excluding diaryl/α,β-unsaturated/α-hetero) is 1. The summed E-state index contributed by atoms with van der Waals surface area (Å²) in [5.74, 6) is -0.577. The molecular weight excluding hydrogens is 474 g/mol. The highest BCUT2D eigenvalue weighted by atomic mass is 32.2. The summed E-state index contributed by atoms with van der Waals surface area (Å²) in [5.41, 5.74) is 5.50. The van der Waals surface area contributed by atoms with Crippen LogP contribution in [0.4, 0.5) is 0 Å². The number of fused-ring (bicyclic) bond motifs is 1. The summed E-state index contributed by atoms with van der Waals surface area (Å²) in [6.07, 6.45) is 0.897. The fourth-order valence-corrected chi connectivity index (χ4v) is 7.13. The first-order valence-corrected chi connectivity index (χ1v) is 13.4. The van der Waals surface area contributed by atoms with E-state index in [0.29, 0.717) is 29.5 Å². The average molecular weight is 506 g/mol. The van der Waals surface area contributed by atoms with E-state index in [9.17, 15) is 18.0 Å². The molecular formula is C29H31NO5S. The molecule has 0 saturated carbocycles. The molecule has 0 radical (unpaired) electrons. The van der Waals surface area contributed by atoms with Crippen molar-refractivity contribution in [2.75, 3.05) is 7.11 Å². The van der Waals surface area contributed by atoms with E-state index in [2.05, 4.69) is 0 Å². The minimum atomic E-state index is -3.93. The number of nitrogens with zero attached hydrogens (tertiary/aromatic N) is 1. The van der Waals surface area contributed by atoms with Gasteiger partial charge in [0, 0.05) is 13.0 Å². The van der Waals surface area contributed by atoms with Gasteiger partial charge in [-0.25, -0.2) is 13.2 Å². The number of carbonyl (C=O) groups is 2. The molecule has 0 aliphatic carbocycles. The summed E-state index contributed by atoms with van der Waals surface area (Å²) in [7, 11) is -2.60. The second-order valence-electron chi connectivity index (χ2n) is 9.43. The number of methoxy groups -OCH3 is 1. The lowest BCUT2D eigenvalue weighted by atomic mass is 9.91. The molecule has 1 heterocycles. The van der Waals surface area contributed by atoms with Crippen molar-refractivity contribution >= 4 is 21.8 Å². The highest BCUT2D eigenvalue weighted by molar-refractivity contribution is 7.89. The number of aryl methyl sites for hydroxylation is 4. The zero-order valence-corrected chi connectivity index (χ0v) is 21.9. The maximum absolute atomic E-state index is 14.0. The topological polar surface area (TPSA) is 80.8 Å². The molecule has 0 aromatic heterocycles. The number of rotatable bonds is 7. The molecule has 0 amide bonds. The lowest BCUT2D eigenvalue weighted by Crippen LogP contribution is -2.48. The molecule has 36 heavy (non-hydrogen) atoms. The number of ether oxygens (including phenoxy) is 1. The predicted molar refractivity (Wildman–Crippen MR) is 138 cm³/mol. The van der Waals surface area contributed by atoms with Gasteiger partial charge < -0.3 is 4.74 Å². The molecule has 0 bridgehead atoms. The molecule has 0 fully saturated rings. The lowest BCUT2D eigenvalue weighted by Gasteiger charge is -2.36. The quantitative estimate of drug-likeness (QED) is 0.434. The zero-order valence-electron chi connectivity index (χ0n) is 21.1. The summed E-state index contributed by atoms with van der Waals surface area (Å²) in [5, 5.41) is 0. The number of hydrogen-bond acceptors (Lipinski definition) is 5. The van der Waals surface area contributed by atoms with Crippen molar-refractivity contribution in [1.29, 1.82) is 0 Å². The highest BCUT2D eigenvalue weighted by Crippen LogP contribution is 2.33. The smallest absolute Gasteiger partial charge is 0.337 e. The molecule has 1 unspecified atom stereocenters. The largest absolute Gasteiger partial charge is 0.465 e. The van der Waals surface area contributed by atoms with Crippen molar-refractivity contribution in [3.05, 3.63) is 99.6 Å². The van der Waals surface area contributed by atoms with E-state index in [0.717, 1.165) is 22.3 Å². The van der Waals surface area contributed by atoms with Gasteiger partial charge >= 0.3 is 5.97 Å². The summed E-state index contributed by atoms with van der Waals surface area (Å²) in [4.78, 5) is 25.7. The van der Waals surface area contributed by atoms with Crippen molar-refractivity contribution in [1.82, 2.24) is 4.31 Å². The number of sulfonamides is 1. The monoisotopic (exact) mass is 505 g/mol. The number of hydrogen-bond donors (Lipinski definition) is 0.